The third-order valence-electron chi connectivity index (χ3n) is 4.44. The lowest BCUT2D eigenvalue weighted by molar-refractivity contribution is -0.116. The number of Topliss-reactive ketones (excluding diaryl/α,β-unsaturated/α-hetero) is 1. The quantitative estimate of drug-likeness (QED) is 0.777. The molecule has 25 heavy (non-hydrogen) atoms. The van der Waals surface area contributed by atoms with Crippen LogP contribution >= 0.6 is 11.6 Å². The Bertz CT molecular complexity index is 817. The Hall–Kier alpha value is -2.33. The van der Waals surface area contributed by atoms with Gasteiger partial charge in [-0.05, 0) is 54.7 Å². The summed E-state index contributed by atoms with van der Waals surface area (Å²) in [6.07, 6.45) is 3.61. The fourth-order valence-electron chi connectivity index (χ4n) is 3.08. The molecule has 3 rings (SSSR count). The number of nitrogens with one attached hydrogen (secondary N) is 1. The Balaban J connectivity index is 1.55. The van der Waals surface area contributed by atoms with Crippen molar-refractivity contribution < 1.29 is 14.3 Å². The van der Waals surface area contributed by atoms with Crippen LogP contribution in [0.5, 0.6) is 5.75 Å². The highest BCUT2D eigenvalue weighted by Gasteiger charge is 2.15. The van der Waals surface area contributed by atoms with E-state index >= 15 is 0 Å². The molecule has 0 bridgehead atoms. The van der Waals surface area contributed by atoms with Crippen LogP contribution in [-0.4, -0.2) is 18.8 Å². The van der Waals surface area contributed by atoms with Crippen molar-refractivity contribution in [3.05, 3.63) is 58.1 Å². The molecular formula is C20H20ClNO3. The van der Waals surface area contributed by atoms with E-state index in [0.29, 0.717) is 22.0 Å². The van der Waals surface area contributed by atoms with Gasteiger partial charge in [0, 0.05) is 24.1 Å². The minimum Gasteiger partial charge on any atom is -0.495 e. The van der Waals surface area contributed by atoms with Gasteiger partial charge in [0.1, 0.15) is 5.75 Å². The zero-order chi connectivity index (χ0) is 17.8. The zero-order valence-electron chi connectivity index (χ0n) is 14.1. The molecule has 0 radical (unpaired) electrons. The second-order valence-electron chi connectivity index (χ2n) is 6.16. The summed E-state index contributed by atoms with van der Waals surface area (Å²) in [5.41, 5.74) is 3.88. The largest absolute Gasteiger partial charge is 0.495 e. The molecule has 2 aromatic rings. The summed E-state index contributed by atoms with van der Waals surface area (Å²) in [6.45, 7) is 0. The monoisotopic (exact) mass is 357 g/mol. The fourth-order valence-corrected chi connectivity index (χ4v) is 3.34. The van der Waals surface area contributed by atoms with Gasteiger partial charge in [0.15, 0.2) is 5.78 Å². The van der Waals surface area contributed by atoms with Crippen molar-refractivity contribution in [1.29, 1.82) is 0 Å². The predicted molar refractivity (Wildman–Crippen MR) is 98.7 cm³/mol. The van der Waals surface area contributed by atoms with Gasteiger partial charge in [-0.15, -0.1) is 0 Å². The standard InChI is InChI=1S/C20H20ClNO3/c1-25-19-9-7-16(12-17(19)21)22-20(24)10-8-18(23)15-6-5-13-3-2-4-14(13)11-15/h5-7,9,11-12H,2-4,8,10H2,1H3,(H,22,24). The molecule has 0 saturated heterocycles. The fraction of sp³-hybridized carbons (Fsp3) is 0.300. The summed E-state index contributed by atoms with van der Waals surface area (Å²) >= 11 is 6.04. The van der Waals surface area contributed by atoms with E-state index in [0.717, 1.165) is 19.3 Å². The van der Waals surface area contributed by atoms with Crippen molar-refractivity contribution in [2.45, 2.75) is 32.1 Å². The molecular weight excluding hydrogens is 338 g/mol. The molecule has 0 aliphatic heterocycles. The Morgan fingerprint density at radius 3 is 2.64 bits per heavy atom. The molecule has 0 saturated carbocycles. The third-order valence-corrected chi connectivity index (χ3v) is 4.73. The lowest BCUT2D eigenvalue weighted by Gasteiger charge is -2.08. The smallest absolute Gasteiger partial charge is 0.224 e. The van der Waals surface area contributed by atoms with Crippen molar-refractivity contribution in [1.82, 2.24) is 0 Å². The SMILES string of the molecule is COc1ccc(NC(=O)CCC(=O)c2ccc3c(c2)CCC3)cc1Cl. The summed E-state index contributed by atoms with van der Waals surface area (Å²) in [6, 6.07) is 10.9. The highest BCUT2D eigenvalue weighted by Crippen LogP contribution is 2.27. The Morgan fingerprint density at radius 1 is 1.08 bits per heavy atom. The number of ether oxygens (including phenoxy) is 1. The van der Waals surface area contributed by atoms with Gasteiger partial charge in [-0.3, -0.25) is 9.59 Å². The third kappa shape index (κ3) is 4.20. The first-order valence-electron chi connectivity index (χ1n) is 8.35. The van der Waals surface area contributed by atoms with Crippen molar-refractivity contribution in [3.63, 3.8) is 0 Å². The highest BCUT2D eigenvalue weighted by molar-refractivity contribution is 6.32. The Kier molecular flexibility index (Phi) is 5.39. The van der Waals surface area contributed by atoms with Crippen LogP contribution in [0.25, 0.3) is 0 Å². The molecule has 0 fully saturated rings. The minimum absolute atomic E-state index is 0.00221. The predicted octanol–water partition coefficient (Wildman–Crippen LogP) is 4.44. The van der Waals surface area contributed by atoms with Crippen LogP contribution in [-0.2, 0) is 17.6 Å². The molecule has 1 aliphatic rings. The van der Waals surface area contributed by atoms with E-state index in [-0.39, 0.29) is 24.5 Å². The average Bonchev–Trinajstić information content (AvgIpc) is 3.07. The number of amides is 1. The van der Waals surface area contributed by atoms with E-state index in [2.05, 4.69) is 5.32 Å². The van der Waals surface area contributed by atoms with E-state index in [1.807, 2.05) is 18.2 Å². The molecule has 130 valence electrons. The van der Waals surface area contributed by atoms with Gasteiger partial charge in [-0.1, -0.05) is 23.7 Å². The topological polar surface area (TPSA) is 55.4 Å². The van der Waals surface area contributed by atoms with Crippen LogP contribution in [0.2, 0.25) is 5.02 Å². The van der Waals surface area contributed by atoms with Gasteiger partial charge >= 0.3 is 0 Å². The van der Waals surface area contributed by atoms with Gasteiger partial charge in [0.25, 0.3) is 0 Å². The zero-order valence-corrected chi connectivity index (χ0v) is 14.9. The van der Waals surface area contributed by atoms with Crippen molar-refractivity contribution in [3.8, 4) is 5.75 Å². The number of benzene rings is 2. The number of halogens is 1. The minimum atomic E-state index is -0.212. The van der Waals surface area contributed by atoms with Crippen LogP contribution in [0.1, 0.15) is 40.7 Å². The van der Waals surface area contributed by atoms with E-state index in [1.165, 1.54) is 18.2 Å². The van der Waals surface area contributed by atoms with E-state index in [4.69, 9.17) is 16.3 Å². The molecule has 0 unspecified atom stereocenters. The molecule has 2 aromatic carbocycles. The maximum absolute atomic E-state index is 12.3. The lowest BCUT2D eigenvalue weighted by Crippen LogP contribution is -2.13. The van der Waals surface area contributed by atoms with Crippen molar-refractivity contribution in [2.75, 3.05) is 12.4 Å². The Morgan fingerprint density at radius 2 is 1.88 bits per heavy atom. The number of methoxy groups -OCH3 is 1. The molecule has 5 heteroatoms. The molecule has 1 N–H and O–H groups in total. The van der Waals surface area contributed by atoms with Crippen LogP contribution in [0.15, 0.2) is 36.4 Å². The number of fused-ring (bicyclic) bond motifs is 1. The molecule has 4 nitrogen and oxygen atoms in total. The summed E-state index contributed by atoms with van der Waals surface area (Å²) in [4.78, 5) is 24.4. The number of anilines is 1. The van der Waals surface area contributed by atoms with Gasteiger partial charge in [0.05, 0.1) is 12.1 Å². The number of aryl methyl sites for hydroxylation is 2. The van der Waals surface area contributed by atoms with E-state index in [9.17, 15) is 9.59 Å². The highest BCUT2D eigenvalue weighted by atomic mass is 35.5. The molecule has 0 heterocycles. The number of rotatable bonds is 6. The first kappa shape index (κ1) is 17.5. The van der Waals surface area contributed by atoms with Gasteiger partial charge in [-0.2, -0.15) is 0 Å². The molecule has 1 aliphatic carbocycles. The van der Waals surface area contributed by atoms with E-state index < -0.39 is 0 Å². The Labute approximate surface area is 152 Å². The number of hydrogen-bond acceptors (Lipinski definition) is 3. The van der Waals surface area contributed by atoms with Gasteiger partial charge in [0.2, 0.25) is 5.91 Å². The van der Waals surface area contributed by atoms with E-state index in [1.54, 1.807) is 18.2 Å². The number of hydrogen-bond donors (Lipinski definition) is 1. The van der Waals surface area contributed by atoms with Crippen LogP contribution in [0, 0.1) is 0 Å². The molecule has 0 spiro atoms. The summed E-state index contributed by atoms with van der Waals surface area (Å²) < 4.78 is 5.08. The summed E-state index contributed by atoms with van der Waals surface area (Å²) in [7, 11) is 1.53. The second-order valence-corrected chi connectivity index (χ2v) is 6.56. The first-order chi connectivity index (χ1) is 12.1. The first-order valence-corrected chi connectivity index (χ1v) is 8.73. The van der Waals surface area contributed by atoms with Crippen LogP contribution in [0.4, 0.5) is 5.69 Å². The summed E-state index contributed by atoms with van der Waals surface area (Å²) in [5.74, 6) is 0.333. The maximum Gasteiger partial charge on any atom is 0.224 e. The van der Waals surface area contributed by atoms with Crippen LogP contribution in [0.3, 0.4) is 0 Å². The van der Waals surface area contributed by atoms with Gasteiger partial charge < -0.3 is 10.1 Å². The molecule has 1 amide bonds. The maximum atomic E-state index is 12.3. The van der Waals surface area contributed by atoms with Crippen LogP contribution < -0.4 is 10.1 Å². The average molecular weight is 358 g/mol. The molecule has 0 atom stereocenters. The molecule has 0 aromatic heterocycles. The van der Waals surface area contributed by atoms with Crippen molar-refractivity contribution >= 4 is 29.0 Å². The number of ketones is 1. The number of carbonyl (C=O) groups is 2. The normalized spacial score (nSPS) is 12.6. The second kappa shape index (κ2) is 7.70. The lowest BCUT2D eigenvalue weighted by atomic mass is 10.0. The van der Waals surface area contributed by atoms with Crippen molar-refractivity contribution in [2.24, 2.45) is 0 Å². The number of carbonyl (C=O) groups excluding carboxylic acids is 2. The van der Waals surface area contributed by atoms with Gasteiger partial charge in [-0.25, -0.2) is 0 Å². The summed E-state index contributed by atoms with van der Waals surface area (Å²) in [5, 5.41) is 3.18.